The van der Waals surface area contributed by atoms with Gasteiger partial charge in [0.1, 0.15) is 35.1 Å². The van der Waals surface area contributed by atoms with Gasteiger partial charge in [0.25, 0.3) is 11.8 Å². The molecule has 0 aromatic rings. The van der Waals surface area contributed by atoms with Gasteiger partial charge >= 0.3 is 0 Å². The maximum absolute atomic E-state index is 12.6. The second-order valence-corrected chi connectivity index (χ2v) is 14.0. The number of allylic oxidation sites excluding steroid dienone is 2. The van der Waals surface area contributed by atoms with E-state index in [4.69, 9.17) is 19.1 Å². The van der Waals surface area contributed by atoms with Crippen molar-refractivity contribution < 1.29 is 44.1 Å². The van der Waals surface area contributed by atoms with Crippen molar-refractivity contribution in [1.82, 2.24) is 10.6 Å². The molecule has 44 heavy (non-hydrogen) atoms. The van der Waals surface area contributed by atoms with Crippen LogP contribution in [0.1, 0.15) is 38.5 Å². The Labute approximate surface area is 287 Å². The Morgan fingerprint density at radius 3 is 1.84 bits per heavy atom. The summed E-state index contributed by atoms with van der Waals surface area (Å²) >= 11 is 13.4. The number of nitrogens with one attached hydrogen (secondary N) is 2. The molecule has 0 aromatic heterocycles. The Bertz CT molecular complexity index is 1360. The van der Waals surface area contributed by atoms with E-state index in [1.54, 1.807) is 12.2 Å². The van der Waals surface area contributed by atoms with Gasteiger partial charge in [0.05, 0.1) is 38.3 Å². The van der Waals surface area contributed by atoms with Crippen LogP contribution in [0.25, 0.3) is 0 Å². The highest BCUT2D eigenvalue weighted by Gasteiger charge is 2.51. The lowest BCUT2D eigenvalue weighted by atomic mass is 9.87. The number of unbranched alkanes of at least 4 members (excludes halogenated alkanes) is 2. The number of rotatable bonds is 12. The second-order valence-electron chi connectivity index (χ2n) is 10.5. The molecule has 0 radical (unpaired) electrons. The smallest absolute Gasteiger partial charge is 0.269 e. The molecule has 4 aliphatic rings. The number of hydrogen-bond acceptors (Lipinski definition) is 11. The van der Waals surface area contributed by atoms with Crippen LogP contribution in [0.15, 0.2) is 51.9 Å². The zero-order valence-corrected chi connectivity index (χ0v) is 30.1. The van der Waals surface area contributed by atoms with Gasteiger partial charge in [-0.2, -0.15) is 0 Å². The van der Waals surface area contributed by atoms with Crippen LogP contribution in [0.5, 0.6) is 0 Å². The predicted octanol–water partition coefficient (Wildman–Crippen LogP) is 2.98. The lowest BCUT2D eigenvalue weighted by molar-refractivity contribution is -0.115. The number of ether oxygens (including phenoxy) is 2. The molecule has 2 aliphatic carbocycles. The summed E-state index contributed by atoms with van der Waals surface area (Å²) in [4.78, 5) is 36.3. The van der Waals surface area contributed by atoms with Gasteiger partial charge in [-0.25, -0.2) is 0 Å². The predicted molar refractivity (Wildman–Crippen MR) is 174 cm³/mol. The van der Waals surface area contributed by atoms with E-state index in [-0.39, 0.29) is 36.7 Å². The number of aliphatic hydroxyl groups excluding tert-OH is 3. The minimum Gasteiger partial charge on any atom is -0.495 e. The Balaban J connectivity index is 1.11. The highest BCUT2D eigenvalue weighted by molar-refractivity contribution is 9.12. The molecule has 0 saturated heterocycles. The first-order valence-corrected chi connectivity index (χ1v) is 16.8. The second kappa shape index (κ2) is 14.8. The molecule has 5 unspecified atom stereocenters. The normalized spacial score (nSPS) is 28.6. The molecule has 2 amide bonds. The number of carbonyl (C=O) groups is 2. The van der Waals surface area contributed by atoms with E-state index in [9.17, 15) is 24.9 Å². The number of halogens is 4. The fourth-order valence-corrected chi connectivity index (χ4v) is 8.62. The lowest BCUT2D eigenvalue weighted by Crippen LogP contribution is -2.45. The van der Waals surface area contributed by atoms with Crippen molar-refractivity contribution in [2.24, 2.45) is 10.3 Å². The summed E-state index contributed by atoms with van der Waals surface area (Å²) in [5, 5.41) is 45.1. The fraction of sp³-hybridized carbons (Fsp3) is 0.556. The van der Waals surface area contributed by atoms with E-state index in [1.807, 2.05) is 0 Å². The van der Waals surface area contributed by atoms with Gasteiger partial charge in [0.15, 0.2) is 11.2 Å². The Morgan fingerprint density at radius 1 is 0.886 bits per heavy atom. The van der Waals surface area contributed by atoms with E-state index < -0.39 is 35.4 Å². The van der Waals surface area contributed by atoms with Crippen LogP contribution < -0.4 is 10.6 Å². The molecule has 2 heterocycles. The molecule has 242 valence electrons. The first kappa shape index (κ1) is 35.1. The third kappa shape index (κ3) is 7.28. The van der Waals surface area contributed by atoms with Crippen molar-refractivity contribution in [3.63, 3.8) is 0 Å². The minimum absolute atomic E-state index is 0.0241. The average molecular weight is 876 g/mol. The molecule has 2 spiro atoms. The monoisotopic (exact) mass is 872 g/mol. The van der Waals surface area contributed by atoms with Gasteiger partial charge in [0, 0.05) is 25.9 Å². The molecule has 4 rings (SSSR count). The van der Waals surface area contributed by atoms with Gasteiger partial charge in [-0.1, -0.05) is 23.2 Å². The zero-order chi connectivity index (χ0) is 32.2. The Morgan fingerprint density at radius 2 is 1.36 bits per heavy atom. The minimum atomic E-state index is -1.26. The van der Waals surface area contributed by atoms with Gasteiger partial charge in [-0.05, 0) is 88.7 Å². The van der Waals surface area contributed by atoms with Gasteiger partial charge in [-0.3, -0.25) is 9.59 Å². The maximum atomic E-state index is 12.6. The summed E-state index contributed by atoms with van der Waals surface area (Å²) in [6.07, 6.45) is 2.87. The quantitative estimate of drug-likeness (QED) is 0.185. The maximum Gasteiger partial charge on any atom is 0.269 e. The number of carbonyl (C=O) groups excluding carboxylic acids is 2. The van der Waals surface area contributed by atoms with Crippen molar-refractivity contribution in [3.8, 4) is 0 Å². The Kier molecular flexibility index (Phi) is 11.8. The summed E-state index contributed by atoms with van der Waals surface area (Å²) in [7, 11) is 2.95. The van der Waals surface area contributed by atoms with Gasteiger partial charge in [0.2, 0.25) is 0 Å². The summed E-state index contributed by atoms with van der Waals surface area (Å²) in [5.74, 6) is -0.0293. The molecule has 5 N–H and O–H groups in total. The molecule has 13 nitrogen and oxygen atoms in total. The van der Waals surface area contributed by atoms with E-state index in [0.717, 1.165) is 6.42 Å². The van der Waals surface area contributed by atoms with Crippen molar-refractivity contribution in [3.05, 3.63) is 41.6 Å². The topological polar surface area (TPSA) is 181 Å². The molecular formula is C27H32Br4N4O9. The van der Waals surface area contributed by atoms with Crippen molar-refractivity contribution in [2.45, 2.75) is 68.0 Å². The SMILES string of the molecule is COC1=C(Br)C(O)C2(C=C1Br)CC(C(=O)NCCCCCC(O)CNC(=O)C1=NOC3(C=C(Br)C(OC)=C(Br)C3O)C1)=NO2. The number of aliphatic hydroxyl groups is 3. The fourth-order valence-electron chi connectivity index (χ4n) is 5.04. The summed E-state index contributed by atoms with van der Waals surface area (Å²) < 4.78 is 12.4. The van der Waals surface area contributed by atoms with Crippen molar-refractivity contribution in [2.75, 3.05) is 27.3 Å². The van der Waals surface area contributed by atoms with E-state index in [2.05, 4.69) is 84.7 Å². The summed E-state index contributed by atoms with van der Waals surface area (Å²) in [6, 6.07) is 0. The Hall–Kier alpha value is -1.76. The number of methoxy groups -OCH3 is 2. The average Bonchev–Trinajstić information content (AvgIpc) is 3.62. The van der Waals surface area contributed by atoms with E-state index in [1.165, 1.54) is 14.2 Å². The largest absolute Gasteiger partial charge is 0.495 e. The van der Waals surface area contributed by atoms with Crippen molar-refractivity contribution in [1.29, 1.82) is 0 Å². The number of nitrogens with zero attached hydrogens (tertiary/aromatic N) is 2. The molecule has 0 fully saturated rings. The first-order valence-electron chi connectivity index (χ1n) is 13.6. The molecule has 2 aliphatic heterocycles. The van der Waals surface area contributed by atoms with Crippen LogP contribution in [0.4, 0.5) is 0 Å². The lowest BCUT2D eigenvalue weighted by Gasteiger charge is -2.33. The standard InChI is InChI=1S/C27H32Br4N4O9/c1-41-20-14(28)8-26(22(37)18(20)30)10-16(34-43-26)24(39)32-7-5-3-4-6-13(36)12-33-25(40)17-11-27(44-35-17)9-15(29)21(42-2)19(31)23(27)38/h8-9,13,22-23,36-38H,3-7,10-12H2,1-2H3,(H,32,39)(H,33,40). The van der Waals surface area contributed by atoms with Crippen LogP contribution in [0.3, 0.4) is 0 Å². The summed E-state index contributed by atoms with van der Waals surface area (Å²) in [5.41, 5.74) is -2.21. The van der Waals surface area contributed by atoms with Crippen LogP contribution in [-0.4, -0.2) is 95.4 Å². The molecule has 17 heteroatoms. The van der Waals surface area contributed by atoms with E-state index in [0.29, 0.717) is 55.3 Å². The van der Waals surface area contributed by atoms with Crippen molar-refractivity contribution >= 4 is 87.0 Å². The molecule has 0 aromatic carbocycles. The van der Waals surface area contributed by atoms with Gasteiger partial charge < -0.3 is 45.1 Å². The number of amides is 2. The molecule has 5 atom stereocenters. The van der Waals surface area contributed by atoms with Crippen LogP contribution >= 0.6 is 63.7 Å². The highest BCUT2D eigenvalue weighted by Crippen LogP contribution is 2.45. The number of oxime groups is 2. The first-order chi connectivity index (χ1) is 20.9. The molecular weight excluding hydrogens is 844 g/mol. The van der Waals surface area contributed by atoms with Crippen LogP contribution in [-0.2, 0) is 28.7 Å². The molecule has 0 saturated carbocycles. The molecule has 0 bridgehead atoms. The highest BCUT2D eigenvalue weighted by atomic mass is 79.9. The third-order valence-corrected chi connectivity index (χ3v) is 10.3. The van der Waals surface area contributed by atoms with Gasteiger partial charge in [-0.15, -0.1) is 0 Å². The van der Waals surface area contributed by atoms with E-state index >= 15 is 0 Å². The van der Waals surface area contributed by atoms with Crippen LogP contribution in [0, 0.1) is 0 Å². The zero-order valence-electron chi connectivity index (χ0n) is 23.7. The summed E-state index contributed by atoms with van der Waals surface area (Å²) in [6.45, 7) is 0.419. The van der Waals surface area contributed by atoms with Crippen LogP contribution in [0.2, 0.25) is 0 Å². The third-order valence-electron chi connectivity index (χ3n) is 7.49. The number of hydrogen-bond donors (Lipinski definition) is 5.